The number of methoxy groups -OCH3 is 1. The van der Waals surface area contributed by atoms with Gasteiger partial charge in [-0.15, -0.1) is 0 Å². The van der Waals surface area contributed by atoms with Crippen LogP contribution in [0.1, 0.15) is 31.7 Å². The van der Waals surface area contributed by atoms with Crippen molar-refractivity contribution in [2.24, 2.45) is 0 Å². The Morgan fingerprint density at radius 2 is 1.55 bits per heavy atom. The van der Waals surface area contributed by atoms with E-state index in [9.17, 15) is 9.59 Å². The number of hydrogen-bond acceptors (Lipinski definition) is 4. The normalized spacial score (nSPS) is 14.4. The lowest BCUT2D eigenvalue weighted by molar-refractivity contribution is -0.143. The van der Waals surface area contributed by atoms with Gasteiger partial charge in [0.2, 0.25) is 5.91 Å². The molecule has 1 aliphatic heterocycles. The lowest BCUT2D eigenvalue weighted by Gasteiger charge is -2.33. The van der Waals surface area contributed by atoms with Gasteiger partial charge in [-0.25, -0.2) is 0 Å². The summed E-state index contributed by atoms with van der Waals surface area (Å²) >= 11 is 0. The lowest BCUT2D eigenvalue weighted by Crippen LogP contribution is -2.39. The fraction of sp³-hybridized carbons (Fsp3) is 0.320. The number of benzene rings is 2. The Kier molecular flexibility index (Phi) is 6.46. The highest BCUT2D eigenvalue weighted by atomic mass is 16.5. The van der Waals surface area contributed by atoms with Crippen molar-refractivity contribution in [3.8, 4) is 22.5 Å². The molecule has 0 spiro atoms. The molecular weight excluding hydrogens is 390 g/mol. The fourth-order valence-electron chi connectivity index (χ4n) is 4.08. The maximum atomic E-state index is 12.4. The molecule has 2 aromatic carbocycles. The predicted molar refractivity (Wildman–Crippen MR) is 119 cm³/mol. The van der Waals surface area contributed by atoms with Gasteiger partial charge in [0.05, 0.1) is 31.0 Å². The van der Waals surface area contributed by atoms with E-state index >= 15 is 0 Å². The molecule has 1 saturated heterocycles. The molecule has 1 aromatic heterocycles. The van der Waals surface area contributed by atoms with E-state index in [0.29, 0.717) is 13.1 Å². The van der Waals surface area contributed by atoms with Crippen LogP contribution in [0.15, 0.2) is 66.7 Å². The number of ether oxygens (including phenoxy) is 1. The molecule has 0 radical (unpaired) electrons. The summed E-state index contributed by atoms with van der Waals surface area (Å²) in [5.74, 6) is -0.335. The van der Waals surface area contributed by atoms with E-state index in [1.165, 1.54) is 7.11 Å². The van der Waals surface area contributed by atoms with Gasteiger partial charge in [0.25, 0.3) is 0 Å². The van der Waals surface area contributed by atoms with Gasteiger partial charge in [-0.1, -0.05) is 60.7 Å². The Bertz CT molecular complexity index is 1020. The van der Waals surface area contributed by atoms with E-state index in [1.807, 2.05) is 41.3 Å². The first-order chi connectivity index (χ1) is 15.2. The predicted octanol–water partition coefficient (Wildman–Crippen LogP) is 4.33. The SMILES string of the molecule is COC(=O)CCC(=O)N1CCC(n2nc(-c3ccccc3)cc2-c2ccccc2)CC1. The van der Waals surface area contributed by atoms with E-state index < -0.39 is 0 Å². The number of carbonyl (C=O) groups is 2. The van der Waals surface area contributed by atoms with Crippen molar-refractivity contribution in [1.29, 1.82) is 0 Å². The largest absolute Gasteiger partial charge is 0.469 e. The molecule has 0 atom stereocenters. The number of carbonyl (C=O) groups excluding carboxylic acids is 2. The summed E-state index contributed by atoms with van der Waals surface area (Å²) in [6.07, 6.45) is 2.00. The standard InChI is InChI=1S/C25H27N3O3/c1-31-25(30)13-12-24(29)27-16-14-21(15-17-27)28-23(20-10-6-3-7-11-20)18-22(26-28)19-8-4-2-5-9-19/h2-11,18,21H,12-17H2,1H3. The highest BCUT2D eigenvalue weighted by Gasteiger charge is 2.27. The summed E-state index contributed by atoms with van der Waals surface area (Å²) < 4.78 is 6.77. The van der Waals surface area contributed by atoms with Crippen LogP contribution < -0.4 is 0 Å². The molecule has 2 heterocycles. The Labute approximate surface area is 182 Å². The molecule has 6 nitrogen and oxygen atoms in total. The summed E-state index contributed by atoms with van der Waals surface area (Å²) in [5.41, 5.74) is 4.27. The molecule has 0 N–H and O–H groups in total. The third-order valence-corrected chi connectivity index (χ3v) is 5.81. The number of nitrogens with zero attached hydrogens (tertiary/aromatic N) is 3. The summed E-state index contributed by atoms with van der Waals surface area (Å²) in [4.78, 5) is 25.6. The van der Waals surface area contributed by atoms with Gasteiger partial charge < -0.3 is 9.64 Å². The quantitative estimate of drug-likeness (QED) is 0.560. The fourth-order valence-corrected chi connectivity index (χ4v) is 4.08. The van der Waals surface area contributed by atoms with Crippen molar-refractivity contribution in [2.75, 3.05) is 20.2 Å². The van der Waals surface area contributed by atoms with Gasteiger partial charge in [-0.2, -0.15) is 5.10 Å². The molecule has 0 bridgehead atoms. The second kappa shape index (κ2) is 9.60. The monoisotopic (exact) mass is 417 g/mol. The molecular formula is C25H27N3O3. The minimum atomic E-state index is -0.347. The summed E-state index contributed by atoms with van der Waals surface area (Å²) in [5, 5.41) is 4.97. The van der Waals surface area contributed by atoms with Crippen molar-refractivity contribution in [3.05, 3.63) is 66.7 Å². The van der Waals surface area contributed by atoms with Crippen molar-refractivity contribution in [3.63, 3.8) is 0 Å². The number of rotatable bonds is 6. The van der Waals surface area contributed by atoms with Crippen LogP contribution in [0.5, 0.6) is 0 Å². The summed E-state index contributed by atoms with van der Waals surface area (Å²) in [7, 11) is 1.34. The zero-order valence-corrected chi connectivity index (χ0v) is 17.7. The molecule has 0 unspecified atom stereocenters. The van der Waals surface area contributed by atoms with Crippen LogP contribution >= 0.6 is 0 Å². The van der Waals surface area contributed by atoms with Crippen LogP contribution in [0.3, 0.4) is 0 Å². The van der Waals surface area contributed by atoms with Crippen LogP contribution in [0.25, 0.3) is 22.5 Å². The number of piperidine rings is 1. The third-order valence-electron chi connectivity index (χ3n) is 5.81. The van der Waals surface area contributed by atoms with Crippen molar-refractivity contribution in [2.45, 2.75) is 31.7 Å². The van der Waals surface area contributed by atoms with Crippen LogP contribution in [-0.2, 0) is 14.3 Å². The van der Waals surface area contributed by atoms with E-state index in [4.69, 9.17) is 5.10 Å². The van der Waals surface area contributed by atoms with Crippen molar-refractivity contribution < 1.29 is 14.3 Å². The first-order valence-corrected chi connectivity index (χ1v) is 10.7. The minimum absolute atomic E-state index is 0.0116. The Balaban J connectivity index is 1.52. The second-order valence-electron chi connectivity index (χ2n) is 7.78. The van der Waals surface area contributed by atoms with Gasteiger partial charge in [0.1, 0.15) is 0 Å². The average molecular weight is 418 g/mol. The zero-order chi connectivity index (χ0) is 21.6. The molecule has 3 aromatic rings. The second-order valence-corrected chi connectivity index (χ2v) is 7.78. The molecule has 0 aliphatic carbocycles. The lowest BCUT2D eigenvalue weighted by atomic mass is 10.0. The average Bonchev–Trinajstić information content (AvgIpc) is 3.29. The molecule has 0 saturated carbocycles. The topological polar surface area (TPSA) is 64.4 Å². The maximum Gasteiger partial charge on any atom is 0.306 e. The highest BCUT2D eigenvalue weighted by molar-refractivity contribution is 5.81. The first kappa shape index (κ1) is 20.8. The Morgan fingerprint density at radius 3 is 2.16 bits per heavy atom. The highest BCUT2D eigenvalue weighted by Crippen LogP contribution is 2.32. The number of likely N-dealkylation sites (tertiary alicyclic amines) is 1. The van der Waals surface area contributed by atoms with Gasteiger partial charge in [-0.3, -0.25) is 14.3 Å². The maximum absolute atomic E-state index is 12.4. The van der Waals surface area contributed by atoms with Crippen LogP contribution in [0.4, 0.5) is 0 Å². The molecule has 1 fully saturated rings. The van der Waals surface area contributed by atoms with Gasteiger partial charge in [-0.05, 0) is 24.5 Å². The Hall–Kier alpha value is -3.41. The summed E-state index contributed by atoms with van der Waals surface area (Å²) in [6.45, 7) is 1.33. The van der Waals surface area contributed by atoms with Gasteiger partial charge in [0, 0.05) is 25.1 Å². The number of aromatic nitrogens is 2. The molecule has 160 valence electrons. The van der Waals surface area contributed by atoms with E-state index in [0.717, 1.165) is 35.4 Å². The summed E-state index contributed by atoms with van der Waals surface area (Å²) in [6, 6.07) is 22.9. The zero-order valence-electron chi connectivity index (χ0n) is 17.7. The first-order valence-electron chi connectivity index (χ1n) is 10.7. The van der Waals surface area contributed by atoms with Crippen LogP contribution in [0.2, 0.25) is 0 Å². The molecule has 6 heteroatoms. The smallest absolute Gasteiger partial charge is 0.306 e. The molecule has 1 aliphatic rings. The number of hydrogen-bond donors (Lipinski definition) is 0. The molecule has 31 heavy (non-hydrogen) atoms. The number of esters is 1. The van der Waals surface area contributed by atoms with E-state index in [-0.39, 0.29) is 30.8 Å². The number of amides is 1. The van der Waals surface area contributed by atoms with Crippen molar-refractivity contribution >= 4 is 11.9 Å². The molecule has 1 amide bonds. The van der Waals surface area contributed by atoms with Gasteiger partial charge >= 0.3 is 5.97 Å². The Morgan fingerprint density at radius 1 is 0.935 bits per heavy atom. The van der Waals surface area contributed by atoms with Crippen LogP contribution in [0, 0.1) is 0 Å². The van der Waals surface area contributed by atoms with Crippen molar-refractivity contribution in [1.82, 2.24) is 14.7 Å². The molecule has 4 rings (SSSR count). The van der Waals surface area contributed by atoms with E-state index in [1.54, 1.807) is 0 Å². The van der Waals surface area contributed by atoms with Gasteiger partial charge in [0.15, 0.2) is 0 Å². The van der Waals surface area contributed by atoms with Crippen LogP contribution in [-0.4, -0.2) is 46.8 Å². The van der Waals surface area contributed by atoms with E-state index in [2.05, 4.69) is 39.8 Å². The third kappa shape index (κ3) is 4.85. The minimum Gasteiger partial charge on any atom is -0.469 e.